The lowest BCUT2D eigenvalue weighted by molar-refractivity contribution is -0.117. The fraction of sp³-hybridized carbons (Fsp3) is 0.211. The number of carbonyl (C=O) groups excluding carboxylic acids is 1. The van der Waals surface area contributed by atoms with E-state index >= 15 is 0 Å². The van der Waals surface area contributed by atoms with E-state index in [0.29, 0.717) is 30.4 Å². The number of amides is 1. The summed E-state index contributed by atoms with van der Waals surface area (Å²) in [6.07, 6.45) is 0.298. The van der Waals surface area contributed by atoms with Crippen molar-refractivity contribution in [3.8, 4) is 11.4 Å². The standard InChI is InChI=1S/C19H16FN3O2/c1-12-3-2-4-13(9-12)18-21-19(25-22-18)14-10-17(24)23(11-14)16-7-5-15(20)6-8-16/h2-9,14H,10-11H2,1H3/t14-/m0/s1. The van der Waals surface area contributed by atoms with Gasteiger partial charge in [-0.05, 0) is 37.3 Å². The summed E-state index contributed by atoms with van der Waals surface area (Å²) >= 11 is 0. The van der Waals surface area contributed by atoms with Crippen LogP contribution in [0, 0.1) is 12.7 Å². The first-order chi connectivity index (χ1) is 12.1. The highest BCUT2D eigenvalue weighted by molar-refractivity contribution is 5.96. The molecule has 1 saturated heterocycles. The zero-order valence-corrected chi connectivity index (χ0v) is 13.6. The second-order valence-corrected chi connectivity index (χ2v) is 6.21. The average Bonchev–Trinajstić information content (AvgIpc) is 3.23. The first-order valence-electron chi connectivity index (χ1n) is 8.07. The summed E-state index contributed by atoms with van der Waals surface area (Å²) in [4.78, 5) is 18.4. The van der Waals surface area contributed by atoms with Crippen molar-refractivity contribution in [2.75, 3.05) is 11.4 Å². The summed E-state index contributed by atoms with van der Waals surface area (Å²) in [5.74, 6) is 0.447. The largest absolute Gasteiger partial charge is 0.339 e. The molecule has 0 bridgehead atoms. The van der Waals surface area contributed by atoms with Crippen LogP contribution in [0.1, 0.15) is 23.8 Å². The number of hydrogen-bond acceptors (Lipinski definition) is 4. The van der Waals surface area contributed by atoms with E-state index in [4.69, 9.17) is 4.52 Å². The van der Waals surface area contributed by atoms with Crippen molar-refractivity contribution in [3.63, 3.8) is 0 Å². The highest BCUT2D eigenvalue weighted by Crippen LogP contribution is 2.32. The first-order valence-corrected chi connectivity index (χ1v) is 8.07. The predicted octanol–water partition coefficient (Wildman–Crippen LogP) is 3.70. The number of carbonyl (C=O) groups is 1. The Kier molecular flexibility index (Phi) is 3.80. The summed E-state index contributed by atoms with van der Waals surface area (Å²) in [7, 11) is 0. The number of nitrogens with zero attached hydrogens (tertiary/aromatic N) is 3. The van der Waals surface area contributed by atoms with Gasteiger partial charge in [0.05, 0.1) is 5.92 Å². The molecule has 126 valence electrons. The van der Waals surface area contributed by atoms with Crippen LogP contribution in [0.25, 0.3) is 11.4 Å². The van der Waals surface area contributed by atoms with Gasteiger partial charge in [0.25, 0.3) is 0 Å². The van der Waals surface area contributed by atoms with Crippen molar-refractivity contribution < 1.29 is 13.7 Å². The van der Waals surface area contributed by atoms with Crippen LogP contribution < -0.4 is 4.90 Å². The van der Waals surface area contributed by atoms with Crippen LogP contribution in [0.15, 0.2) is 53.1 Å². The molecule has 2 aromatic carbocycles. The molecule has 1 aliphatic rings. The maximum Gasteiger partial charge on any atom is 0.232 e. The van der Waals surface area contributed by atoms with Crippen LogP contribution in [0.4, 0.5) is 10.1 Å². The SMILES string of the molecule is Cc1cccc(-c2noc([C@H]3CC(=O)N(c4ccc(F)cc4)C3)n2)c1. The molecule has 0 saturated carbocycles. The summed E-state index contributed by atoms with van der Waals surface area (Å²) in [6.45, 7) is 2.45. The van der Waals surface area contributed by atoms with Crippen molar-refractivity contribution in [1.29, 1.82) is 0 Å². The van der Waals surface area contributed by atoms with E-state index in [1.54, 1.807) is 17.0 Å². The maximum atomic E-state index is 13.1. The van der Waals surface area contributed by atoms with Gasteiger partial charge in [0, 0.05) is 24.2 Å². The molecule has 1 aromatic heterocycles. The van der Waals surface area contributed by atoms with Gasteiger partial charge >= 0.3 is 0 Å². The second-order valence-electron chi connectivity index (χ2n) is 6.21. The fourth-order valence-electron chi connectivity index (χ4n) is 3.05. The zero-order valence-electron chi connectivity index (χ0n) is 13.6. The third-order valence-corrected chi connectivity index (χ3v) is 4.33. The van der Waals surface area contributed by atoms with Gasteiger partial charge in [-0.2, -0.15) is 4.98 Å². The number of benzene rings is 2. The van der Waals surface area contributed by atoms with E-state index in [2.05, 4.69) is 10.1 Å². The van der Waals surface area contributed by atoms with Crippen LogP contribution in [0.2, 0.25) is 0 Å². The minimum absolute atomic E-state index is 0.0353. The van der Waals surface area contributed by atoms with Gasteiger partial charge in [-0.25, -0.2) is 4.39 Å². The van der Waals surface area contributed by atoms with Crippen molar-refractivity contribution in [2.24, 2.45) is 0 Å². The van der Waals surface area contributed by atoms with E-state index in [-0.39, 0.29) is 17.6 Å². The molecule has 3 aromatic rings. The van der Waals surface area contributed by atoms with E-state index in [9.17, 15) is 9.18 Å². The van der Waals surface area contributed by atoms with E-state index in [1.807, 2.05) is 31.2 Å². The molecule has 2 heterocycles. The smallest absolute Gasteiger partial charge is 0.232 e. The molecule has 4 rings (SSSR count). The minimum Gasteiger partial charge on any atom is -0.339 e. The molecule has 1 fully saturated rings. The molecule has 6 heteroatoms. The lowest BCUT2D eigenvalue weighted by Crippen LogP contribution is -2.24. The molecular weight excluding hydrogens is 321 g/mol. The number of hydrogen-bond donors (Lipinski definition) is 0. The van der Waals surface area contributed by atoms with Gasteiger partial charge in [0.1, 0.15) is 5.82 Å². The summed E-state index contributed by atoms with van der Waals surface area (Å²) in [6, 6.07) is 13.7. The second kappa shape index (κ2) is 6.12. The molecule has 0 unspecified atom stereocenters. The monoisotopic (exact) mass is 337 g/mol. The molecule has 25 heavy (non-hydrogen) atoms. The quantitative estimate of drug-likeness (QED) is 0.731. The van der Waals surface area contributed by atoms with E-state index < -0.39 is 0 Å². The van der Waals surface area contributed by atoms with Crippen LogP contribution in [-0.4, -0.2) is 22.6 Å². The highest BCUT2D eigenvalue weighted by Gasteiger charge is 2.35. The minimum atomic E-state index is -0.327. The number of rotatable bonds is 3. The number of aromatic nitrogens is 2. The van der Waals surface area contributed by atoms with Crippen molar-refractivity contribution >= 4 is 11.6 Å². The molecule has 0 spiro atoms. The van der Waals surface area contributed by atoms with Crippen molar-refractivity contribution in [3.05, 3.63) is 65.8 Å². The molecule has 1 atom stereocenters. The lowest BCUT2D eigenvalue weighted by atomic mass is 10.1. The predicted molar refractivity (Wildman–Crippen MR) is 90.6 cm³/mol. The van der Waals surface area contributed by atoms with Gasteiger partial charge < -0.3 is 9.42 Å². The summed E-state index contributed by atoms with van der Waals surface area (Å²) in [5.41, 5.74) is 2.67. The first kappa shape index (κ1) is 15.5. The number of anilines is 1. The Morgan fingerprint density at radius 2 is 2.00 bits per heavy atom. The van der Waals surface area contributed by atoms with Crippen LogP contribution in [0.3, 0.4) is 0 Å². The molecule has 0 N–H and O–H groups in total. The van der Waals surface area contributed by atoms with Crippen molar-refractivity contribution in [2.45, 2.75) is 19.3 Å². The Labute approximate surface area is 144 Å². The summed E-state index contributed by atoms with van der Waals surface area (Å²) < 4.78 is 18.5. The van der Waals surface area contributed by atoms with Gasteiger partial charge in [-0.3, -0.25) is 4.79 Å². The third-order valence-electron chi connectivity index (χ3n) is 4.33. The van der Waals surface area contributed by atoms with Gasteiger partial charge in [0.2, 0.25) is 17.6 Å². The third kappa shape index (κ3) is 3.03. The average molecular weight is 337 g/mol. The van der Waals surface area contributed by atoms with Crippen molar-refractivity contribution in [1.82, 2.24) is 10.1 Å². The van der Waals surface area contributed by atoms with E-state index in [0.717, 1.165) is 11.1 Å². The Bertz CT molecular complexity index is 920. The Balaban J connectivity index is 1.55. The molecule has 0 radical (unpaired) electrons. The Hall–Kier alpha value is -3.02. The zero-order chi connectivity index (χ0) is 17.4. The molecule has 1 amide bonds. The molecule has 5 nitrogen and oxygen atoms in total. The normalized spacial score (nSPS) is 17.3. The summed E-state index contributed by atoms with van der Waals surface area (Å²) in [5, 5.41) is 4.04. The van der Waals surface area contributed by atoms with Gasteiger partial charge in [0.15, 0.2) is 0 Å². The number of halogens is 1. The highest BCUT2D eigenvalue weighted by atomic mass is 19.1. The Morgan fingerprint density at radius 3 is 2.76 bits per heavy atom. The van der Waals surface area contributed by atoms with E-state index in [1.165, 1.54) is 12.1 Å². The molecule has 0 aliphatic carbocycles. The van der Waals surface area contributed by atoms with Crippen LogP contribution >= 0.6 is 0 Å². The van der Waals surface area contributed by atoms with Gasteiger partial charge in [-0.15, -0.1) is 0 Å². The molecule has 1 aliphatic heterocycles. The fourth-order valence-corrected chi connectivity index (χ4v) is 3.05. The Morgan fingerprint density at radius 1 is 1.20 bits per heavy atom. The van der Waals surface area contributed by atoms with Gasteiger partial charge in [-0.1, -0.05) is 28.9 Å². The topological polar surface area (TPSA) is 59.2 Å². The number of aryl methyl sites for hydroxylation is 1. The van der Waals surface area contributed by atoms with Crippen LogP contribution in [-0.2, 0) is 4.79 Å². The molecular formula is C19H16FN3O2. The lowest BCUT2D eigenvalue weighted by Gasteiger charge is -2.15. The maximum absolute atomic E-state index is 13.1. The van der Waals surface area contributed by atoms with Crippen LogP contribution in [0.5, 0.6) is 0 Å².